The quantitative estimate of drug-likeness (QED) is 0.194. The van der Waals surface area contributed by atoms with Crippen LogP contribution in [-0.2, 0) is 14.6 Å². The molecule has 0 bridgehead atoms. The van der Waals surface area contributed by atoms with Crippen molar-refractivity contribution in [1.82, 2.24) is 5.16 Å². The molecule has 13 nitrogen and oxygen atoms in total. The zero-order chi connectivity index (χ0) is 25.9. The summed E-state index contributed by atoms with van der Waals surface area (Å²) in [6, 6.07) is 11.7. The summed E-state index contributed by atoms with van der Waals surface area (Å²) in [6.07, 6.45) is 0. The van der Waals surface area contributed by atoms with Crippen molar-refractivity contribution >= 4 is 32.4 Å². The van der Waals surface area contributed by atoms with E-state index in [2.05, 4.69) is 15.1 Å². The fourth-order valence-electron chi connectivity index (χ4n) is 3.21. The van der Waals surface area contributed by atoms with Gasteiger partial charge in [0.2, 0.25) is 5.91 Å². The summed E-state index contributed by atoms with van der Waals surface area (Å²) in [5.74, 6) is -0.473. The Morgan fingerprint density at radius 1 is 1.11 bits per heavy atom. The normalized spacial score (nSPS) is 11.3. The van der Waals surface area contributed by atoms with Crippen molar-refractivity contribution in [2.75, 3.05) is 25.6 Å². The minimum Gasteiger partial charge on any atom is -0.493 e. The molecule has 0 saturated carbocycles. The molecular formula is C22H19N3O10S. The van der Waals surface area contributed by atoms with E-state index in [0.717, 1.165) is 0 Å². The van der Waals surface area contributed by atoms with Crippen LogP contribution in [0.15, 0.2) is 72.3 Å². The van der Waals surface area contributed by atoms with E-state index in [0.29, 0.717) is 5.39 Å². The number of fused-ring (bicyclic) bond motifs is 1. The number of hydrogen-bond donors (Lipinski definition) is 1. The molecule has 0 atom stereocenters. The highest BCUT2D eigenvalue weighted by molar-refractivity contribution is 7.91. The van der Waals surface area contributed by atoms with Gasteiger partial charge in [-0.3, -0.25) is 9.42 Å². The van der Waals surface area contributed by atoms with Gasteiger partial charge in [-0.2, -0.15) is 0 Å². The monoisotopic (exact) mass is 517 g/mol. The molecule has 0 spiro atoms. The molecule has 0 fully saturated rings. The average molecular weight is 517 g/mol. The van der Waals surface area contributed by atoms with Gasteiger partial charge in [0.15, 0.2) is 11.5 Å². The zero-order valence-corrected chi connectivity index (χ0v) is 19.7. The summed E-state index contributed by atoms with van der Waals surface area (Å²) < 4.78 is 51.6. The number of aromatic nitrogens is 2. The Balaban J connectivity index is 1.50. The summed E-state index contributed by atoms with van der Waals surface area (Å²) in [5.41, 5.74) is -0.601. The van der Waals surface area contributed by atoms with Crippen LogP contribution in [0.4, 0.5) is 5.69 Å². The molecule has 2 aromatic carbocycles. The molecule has 0 aliphatic rings. The highest BCUT2D eigenvalue weighted by Crippen LogP contribution is 2.33. The van der Waals surface area contributed by atoms with Gasteiger partial charge >= 0.3 is 16.5 Å². The van der Waals surface area contributed by atoms with Crippen molar-refractivity contribution in [3.63, 3.8) is 0 Å². The summed E-state index contributed by atoms with van der Waals surface area (Å²) in [7, 11) is -2.85. The van der Waals surface area contributed by atoms with Gasteiger partial charge in [-0.05, 0) is 29.2 Å². The standard InChI is InChI=1S/C22H19N3O10S/c1-13(26)23-16-10-14-11-18(31-2)19(12-17(14)34-22(16)27)32-8-9-33-20-21(25(28)35-24-20)36(29,30)15-6-4-3-5-7-15/h3-7,10-12H,8-9H2,1-2H3,(H,23,26). The lowest BCUT2D eigenvalue weighted by molar-refractivity contribution is -0.832. The van der Waals surface area contributed by atoms with E-state index in [9.17, 15) is 23.2 Å². The topological polar surface area (TPSA) is 174 Å². The molecule has 0 radical (unpaired) electrons. The zero-order valence-electron chi connectivity index (χ0n) is 18.9. The number of carbonyl (C=O) groups is 1. The first-order chi connectivity index (χ1) is 17.2. The van der Waals surface area contributed by atoms with Crippen LogP contribution < -0.4 is 30.1 Å². The minimum atomic E-state index is -4.26. The van der Waals surface area contributed by atoms with Crippen molar-refractivity contribution in [1.29, 1.82) is 0 Å². The van der Waals surface area contributed by atoms with E-state index in [1.807, 2.05) is 0 Å². The molecule has 2 heterocycles. The predicted molar refractivity (Wildman–Crippen MR) is 122 cm³/mol. The van der Waals surface area contributed by atoms with Gasteiger partial charge in [-0.15, -0.1) is 0 Å². The maximum absolute atomic E-state index is 12.8. The number of nitrogens with one attached hydrogen (secondary N) is 1. The Hall–Kier alpha value is -4.59. The van der Waals surface area contributed by atoms with E-state index in [-0.39, 0.29) is 45.8 Å². The van der Waals surface area contributed by atoms with E-state index in [1.54, 1.807) is 12.1 Å². The Morgan fingerprint density at radius 3 is 2.53 bits per heavy atom. The average Bonchev–Trinajstić information content (AvgIpc) is 3.23. The summed E-state index contributed by atoms with van der Waals surface area (Å²) in [6.45, 7) is 0.905. The molecular weight excluding hydrogens is 498 g/mol. The fourth-order valence-corrected chi connectivity index (χ4v) is 4.50. The Bertz CT molecular complexity index is 1580. The molecule has 4 aromatic rings. The van der Waals surface area contributed by atoms with E-state index >= 15 is 0 Å². The number of sulfone groups is 1. The number of rotatable bonds is 9. The lowest BCUT2D eigenvalue weighted by atomic mass is 10.2. The number of amides is 1. The van der Waals surface area contributed by atoms with Crippen LogP contribution in [0.3, 0.4) is 0 Å². The largest absolute Gasteiger partial charge is 0.493 e. The third kappa shape index (κ3) is 4.93. The molecule has 36 heavy (non-hydrogen) atoms. The van der Waals surface area contributed by atoms with Gasteiger partial charge in [0.05, 0.1) is 17.2 Å². The maximum Gasteiger partial charge on any atom is 0.415 e. The molecule has 0 unspecified atom stereocenters. The van der Waals surface area contributed by atoms with Gasteiger partial charge in [0.25, 0.3) is 9.84 Å². The van der Waals surface area contributed by atoms with Crippen LogP contribution in [-0.4, -0.2) is 39.8 Å². The van der Waals surface area contributed by atoms with Crippen LogP contribution in [0, 0.1) is 5.21 Å². The van der Waals surface area contributed by atoms with Gasteiger partial charge in [-0.25, -0.2) is 13.2 Å². The highest BCUT2D eigenvalue weighted by atomic mass is 32.2. The van der Waals surface area contributed by atoms with Crippen molar-refractivity contribution in [3.8, 4) is 17.4 Å². The number of hydrogen-bond acceptors (Lipinski definition) is 11. The Labute approximate surface area is 203 Å². The molecule has 2 aromatic heterocycles. The van der Waals surface area contributed by atoms with Crippen molar-refractivity contribution in [3.05, 3.63) is 64.2 Å². The smallest absolute Gasteiger partial charge is 0.415 e. The molecule has 4 rings (SSSR count). The SMILES string of the molecule is COc1cc2cc(NC(C)=O)c(=O)oc2cc1OCCOc1no[n+]([O-])c1S(=O)(=O)c1ccccc1. The first-order valence-corrected chi connectivity index (χ1v) is 11.8. The molecule has 0 saturated heterocycles. The van der Waals surface area contributed by atoms with Crippen LogP contribution >= 0.6 is 0 Å². The van der Waals surface area contributed by atoms with Crippen molar-refractivity contribution in [2.45, 2.75) is 16.8 Å². The van der Waals surface area contributed by atoms with Gasteiger partial charge < -0.3 is 29.2 Å². The van der Waals surface area contributed by atoms with E-state index in [1.165, 1.54) is 50.4 Å². The predicted octanol–water partition coefficient (Wildman–Crippen LogP) is 1.67. The van der Waals surface area contributed by atoms with Crippen molar-refractivity contribution in [2.24, 2.45) is 0 Å². The van der Waals surface area contributed by atoms with Gasteiger partial charge in [0, 0.05) is 18.4 Å². The van der Waals surface area contributed by atoms with Crippen LogP contribution in [0.25, 0.3) is 11.0 Å². The lowest BCUT2D eigenvalue weighted by Crippen LogP contribution is -2.31. The maximum atomic E-state index is 12.8. The third-order valence-corrected chi connectivity index (χ3v) is 6.49. The molecule has 188 valence electrons. The van der Waals surface area contributed by atoms with Crippen LogP contribution in [0.2, 0.25) is 0 Å². The first-order valence-electron chi connectivity index (χ1n) is 10.3. The van der Waals surface area contributed by atoms with Gasteiger partial charge in [0.1, 0.15) is 24.5 Å². The third-order valence-electron chi connectivity index (χ3n) is 4.76. The molecule has 1 amide bonds. The first kappa shape index (κ1) is 24.5. The lowest BCUT2D eigenvalue weighted by Gasteiger charge is -2.12. The molecule has 14 heteroatoms. The highest BCUT2D eigenvalue weighted by Gasteiger charge is 2.35. The molecule has 1 N–H and O–H groups in total. The Morgan fingerprint density at radius 2 is 1.83 bits per heavy atom. The number of benzene rings is 2. The van der Waals surface area contributed by atoms with Crippen LogP contribution in [0.5, 0.6) is 17.4 Å². The van der Waals surface area contributed by atoms with Crippen LogP contribution in [0.1, 0.15) is 6.92 Å². The summed E-state index contributed by atoms with van der Waals surface area (Å²) in [4.78, 5) is 23.0. The fraction of sp³-hybridized carbons (Fsp3) is 0.182. The second-order valence-corrected chi connectivity index (χ2v) is 9.09. The molecule has 0 aliphatic heterocycles. The number of ether oxygens (including phenoxy) is 3. The number of anilines is 1. The van der Waals surface area contributed by atoms with E-state index in [4.69, 9.17) is 18.6 Å². The van der Waals surface area contributed by atoms with Gasteiger partial charge in [-0.1, -0.05) is 18.2 Å². The van der Waals surface area contributed by atoms with Crippen molar-refractivity contribution < 1.29 is 41.4 Å². The molecule has 0 aliphatic carbocycles. The second-order valence-electron chi connectivity index (χ2n) is 7.22. The second kappa shape index (κ2) is 9.95. The summed E-state index contributed by atoms with van der Waals surface area (Å²) in [5, 5.41) is 17.4. The Kier molecular flexibility index (Phi) is 6.78. The number of nitrogens with zero attached hydrogens (tertiary/aromatic N) is 2. The van der Waals surface area contributed by atoms with E-state index < -0.39 is 32.3 Å². The number of methoxy groups -OCH3 is 1. The minimum absolute atomic E-state index is 0.0244. The number of carbonyl (C=O) groups excluding carboxylic acids is 1. The summed E-state index contributed by atoms with van der Waals surface area (Å²) >= 11 is 0.